The Hall–Kier alpha value is -0.170. The maximum Gasteiger partial charge on any atom is 0.282 e. The predicted octanol–water partition coefficient (Wildman–Crippen LogP) is 0.401. The van der Waals surface area contributed by atoms with Crippen LogP contribution in [0, 0.1) is 0 Å². The van der Waals surface area contributed by atoms with E-state index in [-0.39, 0.29) is 6.04 Å². The smallest absolute Gasteiger partial charge is 0.282 e. The van der Waals surface area contributed by atoms with E-state index in [1.165, 1.54) is 0 Å². The van der Waals surface area contributed by atoms with Crippen molar-refractivity contribution in [3.05, 3.63) is 0 Å². The van der Waals surface area contributed by atoms with E-state index in [0.717, 1.165) is 32.2 Å². The fourth-order valence-electron chi connectivity index (χ4n) is 2.54. The third-order valence-corrected chi connectivity index (χ3v) is 5.55. The summed E-state index contributed by atoms with van der Waals surface area (Å²) in [6.07, 6.45) is 4.32. The average molecular weight is 261 g/mol. The Balaban J connectivity index is 2.05. The minimum Gasteiger partial charge on any atom is -0.312 e. The molecule has 0 aromatic carbocycles. The summed E-state index contributed by atoms with van der Waals surface area (Å²) < 4.78 is 28.2. The molecular weight excluding hydrogens is 238 g/mol. The Morgan fingerprint density at radius 3 is 2.24 bits per heavy atom. The van der Waals surface area contributed by atoms with Gasteiger partial charge in [0.1, 0.15) is 0 Å². The van der Waals surface area contributed by atoms with Crippen LogP contribution in [0.5, 0.6) is 0 Å². The van der Waals surface area contributed by atoms with Gasteiger partial charge in [-0.3, -0.25) is 0 Å². The first kappa shape index (κ1) is 13.3. The molecule has 2 fully saturated rings. The van der Waals surface area contributed by atoms with Gasteiger partial charge < -0.3 is 5.32 Å². The van der Waals surface area contributed by atoms with Gasteiger partial charge >= 0.3 is 0 Å². The normalized spacial score (nSPS) is 30.1. The van der Waals surface area contributed by atoms with Gasteiger partial charge in [0.2, 0.25) is 0 Å². The highest BCUT2D eigenvalue weighted by atomic mass is 32.2. The summed E-state index contributed by atoms with van der Waals surface area (Å²) in [4.78, 5) is 0. The van der Waals surface area contributed by atoms with Crippen molar-refractivity contribution in [2.45, 2.75) is 38.6 Å². The van der Waals surface area contributed by atoms with Crippen molar-refractivity contribution >= 4 is 10.2 Å². The molecule has 2 aliphatic rings. The summed E-state index contributed by atoms with van der Waals surface area (Å²) >= 11 is 0. The molecule has 0 bridgehead atoms. The van der Waals surface area contributed by atoms with E-state index >= 15 is 0 Å². The Bertz CT molecular complexity index is 329. The van der Waals surface area contributed by atoms with Crippen molar-refractivity contribution in [1.82, 2.24) is 13.9 Å². The molecule has 0 aromatic rings. The largest absolute Gasteiger partial charge is 0.312 e. The zero-order valence-corrected chi connectivity index (χ0v) is 11.4. The van der Waals surface area contributed by atoms with Gasteiger partial charge in [-0.15, -0.1) is 0 Å². The SMILES string of the molecule is CC1CN(S(=O)(=O)N2CCCCCC2)CCN1. The third-order valence-electron chi connectivity index (χ3n) is 3.55. The number of nitrogens with zero attached hydrogens (tertiary/aromatic N) is 2. The molecule has 2 heterocycles. The molecule has 0 saturated carbocycles. The lowest BCUT2D eigenvalue weighted by atomic mass is 10.2. The third kappa shape index (κ3) is 3.19. The molecule has 0 aliphatic carbocycles. The first-order valence-corrected chi connectivity index (χ1v) is 7.99. The molecule has 0 spiro atoms. The van der Waals surface area contributed by atoms with Crippen LogP contribution in [0.2, 0.25) is 0 Å². The van der Waals surface area contributed by atoms with Crippen LogP contribution in [-0.4, -0.2) is 55.8 Å². The summed E-state index contributed by atoms with van der Waals surface area (Å²) in [5.74, 6) is 0. The van der Waals surface area contributed by atoms with E-state index in [2.05, 4.69) is 5.32 Å². The lowest BCUT2D eigenvalue weighted by molar-refractivity contribution is 0.281. The molecule has 1 atom stereocenters. The van der Waals surface area contributed by atoms with Gasteiger partial charge in [-0.25, -0.2) is 0 Å². The molecule has 0 amide bonds. The summed E-state index contributed by atoms with van der Waals surface area (Å²) in [6.45, 7) is 5.38. The van der Waals surface area contributed by atoms with E-state index in [1.54, 1.807) is 8.61 Å². The molecule has 2 saturated heterocycles. The Morgan fingerprint density at radius 1 is 1.00 bits per heavy atom. The van der Waals surface area contributed by atoms with E-state index < -0.39 is 10.2 Å². The van der Waals surface area contributed by atoms with E-state index in [9.17, 15) is 8.42 Å². The van der Waals surface area contributed by atoms with Gasteiger partial charge in [-0.1, -0.05) is 12.8 Å². The van der Waals surface area contributed by atoms with Crippen molar-refractivity contribution in [2.75, 3.05) is 32.7 Å². The number of hydrogen-bond donors (Lipinski definition) is 1. The maximum atomic E-state index is 12.5. The van der Waals surface area contributed by atoms with E-state index in [4.69, 9.17) is 0 Å². The summed E-state index contributed by atoms with van der Waals surface area (Å²) in [7, 11) is -3.21. The van der Waals surface area contributed by atoms with Crippen molar-refractivity contribution in [2.24, 2.45) is 0 Å². The second kappa shape index (κ2) is 5.65. The van der Waals surface area contributed by atoms with Crippen LogP contribution >= 0.6 is 0 Å². The molecule has 2 aliphatic heterocycles. The molecule has 6 heteroatoms. The quantitative estimate of drug-likeness (QED) is 0.783. The van der Waals surface area contributed by atoms with Gasteiger partial charge in [0.15, 0.2) is 0 Å². The van der Waals surface area contributed by atoms with Gasteiger partial charge in [-0.2, -0.15) is 17.0 Å². The molecule has 0 radical (unpaired) electrons. The zero-order chi connectivity index (χ0) is 12.3. The lowest BCUT2D eigenvalue weighted by Crippen LogP contribution is -2.55. The number of nitrogens with one attached hydrogen (secondary N) is 1. The first-order chi connectivity index (χ1) is 8.10. The van der Waals surface area contributed by atoms with E-state index in [0.29, 0.717) is 26.2 Å². The fraction of sp³-hybridized carbons (Fsp3) is 1.00. The fourth-order valence-corrected chi connectivity index (χ4v) is 4.32. The summed E-state index contributed by atoms with van der Waals surface area (Å²) in [5, 5.41) is 3.27. The Morgan fingerprint density at radius 2 is 1.65 bits per heavy atom. The minimum absolute atomic E-state index is 0.255. The summed E-state index contributed by atoms with van der Waals surface area (Å²) in [5.41, 5.74) is 0. The first-order valence-electron chi connectivity index (χ1n) is 6.59. The van der Waals surface area contributed by atoms with Crippen LogP contribution in [-0.2, 0) is 10.2 Å². The van der Waals surface area contributed by atoms with Crippen molar-refractivity contribution in [3.63, 3.8) is 0 Å². The number of piperazine rings is 1. The van der Waals surface area contributed by atoms with E-state index in [1.807, 2.05) is 6.92 Å². The average Bonchev–Trinajstić information content (AvgIpc) is 2.58. The highest BCUT2D eigenvalue weighted by Crippen LogP contribution is 2.17. The molecular formula is C11H23N3O2S. The standard InChI is InChI=1S/C11H23N3O2S/c1-11-10-14(9-6-12-11)17(15,16)13-7-4-2-3-5-8-13/h11-12H,2-10H2,1H3. The molecule has 2 rings (SSSR count). The maximum absolute atomic E-state index is 12.5. The van der Waals surface area contributed by atoms with Crippen molar-refractivity contribution in [1.29, 1.82) is 0 Å². The molecule has 5 nitrogen and oxygen atoms in total. The second-order valence-electron chi connectivity index (χ2n) is 5.03. The topological polar surface area (TPSA) is 52.7 Å². The monoisotopic (exact) mass is 261 g/mol. The van der Waals surface area contributed by atoms with Crippen LogP contribution in [0.4, 0.5) is 0 Å². The Kier molecular flexibility index (Phi) is 4.41. The van der Waals surface area contributed by atoms with Crippen molar-refractivity contribution < 1.29 is 8.42 Å². The van der Waals surface area contributed by atoms with Crippen LogP contribution in [0.1, 0.15) is 32.6 Å². The molecule has 1 N–H and O–H groups in total. The van der Waals surface area contributed by atoms with Gasteiger partial charge in [0, 0.05) is 38.8 Å². The van der Waals surface area contributed by atoms with Crippen molar-refractivity contribution in [3.8, 4) is 0 Å². The minimum atomic E-state index is -3.21. The van der Waals surface area contributed by atoms with Gasteiger partial charge in [0.25, 0.3) is 10.2 Å². The Labute approximate surface area is 104 Å². The molecule has 0 aromatic heterocycles. The second-order valence-corrected chi connectivity index (χ2v) is 6.96. The van der Waals surface area contributed by atoms with Crippen LogP contribution in [0.15, 0.2) is 0 Å². The predicted molar refractivity (Wildman–Crippen MR) is 68.0 cm³/mol. The lowest BCUT2D eigenvalue weighted by Gasteiger charge is -2.34. The molecule has 1 unspecified atom stereocenters. The number of hydrogen-bond acceptors (Lipinski definition) is 3. The summed E-state index contributed by atoms with van der Waals surface area (Å²) in [6, 6.07) is 0.255. The van der Waals surface area contributed by atoms with Crippen LogP contribution in [0.25, 0.3) is 0 Å². The highest BCUT2D eigenvalue weighted by Gasteiger charge is 2.32. The van der Waals surface area contributed by atoms with Gasteiger partial charge in [0.05, 0.1) is 0 Å². The molecule has 100 valence electrons. The highest BCUT2D eigenvalue weighted by molar-refractivity contribution is 7.86. The molecule has 17 heavy (non-hydrogen) atoms. The van der Waals surface area contributed by atoms with Crippen LogP contribution in [0.3, 0.4) is 0 Å². The van der Waals surface area contributed by atoms with Crippen LogP contribution < -0.4 is 5.32 Å². The zero-order valence-electron chi connectivity index (χ0n) is 10.6. The van der Waals surface area contributed by atoms with Gasteiger partial charge in [-0.05, 0) is 19.8 Å². The number of rotatable bonds is 2.